The van der Waals surface area contributed by atoms with Crippen molar-refractivity contribution in [2.75, 3.05) is 11.3 Å². The number of hydrogen-bond donors (Lipinski definition) is 1. The van der Waals surface area contributed by atoms with E-state index >= 15 is 0 Å². The van der Waals surface area contributed by atoms with Crippen molar-refractivity contribution < 1.29 is 30.7 Å². The van der Waals surface area contributed by atoms with Crippen LogP contribution in [-0.4, -0.2) is 40.0 Å². The van der Waals surface area contributed by atoms with Gasteiger partial charge in [-0.3, -0.25) is 0 Å². The lowest BCUT2D eigenvalue weighted by Gasteiger charge is -2.28. The quantitative estimate of drug-likeness (QED) is 0.397. The number of fused-ring (bicyclic) bond motifs is 1. The number of aromatic nitrogens is 5. The van der Waals surface area contributed by atoms with Gasteiger partial charge < -0.3 is 4.74 Å². The van der Waals surface area contributed by atoms with Crippen LogP contribution in [0.3, 0.4) is 0 Å². The summed E-state index contributed by atoms with van der Waals surface area (Å²) in [4.78, 5) is 7.02. The number of rotatable bonds is 5. The van der Waals surface area contributed by atoms with Crippen molar-refractivity contribution >= 4 is 16.0 Å². The number of nitrogens with zero attached hydrogens (tertiary/aromatic N) is 5. The fraction of sp³-hybridized carbons (Fsp3) is 0.182. The zero-order valence-electron chi connectivity index (χ0n) is 18.1. The first-order valence-corrected chi connectivity index (χ1v) is 11.9. The Morgan fingerprint density at radius 1 is 1.06 bits per heavy atom. The third kappa shape index (κ3) is 4.58. The van der Waals surface area contributed by atoms with E-state index in [1.165, 1.54) is 35.3 Å². The number of anilines is 1. The van der Waals surface area contributed by atoms with E-state index in [4.69, 9.17) is 4.74 Å². The van der Waals surface area contributed by atoms with Gasteiger partial charge >= 0.3 is 6.18 Å². The van der Waals surface area contributed by atoms with Crippen LogP contribution in [0.1, 0.15) is 29.0 Å². The molecule has 5 rings (SSSR count). The monoisotopic (exact) mass is 520 g/mol. The van der Waals surface area contributed by atoms with Crippen molar-refractivity contribution in [1.29, 1.82) is 0 Å². The zero-order chi connectivity index (χ0) is 25.5. The van der Waals surface area contributed by atoms with Crippen molar-refractivity contribution in [3.63, 3.8) is 0 Å². The number of hydrogen-bond acceptors (Lipinski definition) is 7. The molecule has 1 atom stereocenters. The van der Waals surface area contributed by atoms with Crippen LogP contribution in [0.4, 0.5) is 23.5 Å². The Morgan fingerprint density at radius 2 is 1.81 bits per heavy atom. The molecule has 1 aliphatic rings. The molecule has 2 aromatic carbocycles. The van der Waals surface area contributed by atoms with E-state index in [-0.39, 0.29) is 28.9 Å². The van der Waals surface area contributed by atoms with E-state index in [0.29, 0.717) is 17.5 Å². The number of sulfonamides is 1. The minimum Gasteiger partial charge on any atom is -0.493 e. The van der Waals surface area contributed by atoms with Crippen molar-refractivity contribution in [1.82, 2.24) is 25.0 Å². The van der Waals surface area contributed by atoms with Gasteiger partial charge in [0.05, 0.1) is 47.5 Å². The molecule has 0 fully saturated rings. The maximum atomic E-state index is 13.4. The SMILES string of the molecule is O=S(=O)(Nc1ncc(F)cn1)c1ccc2c(c1)OCC[C@@H]2c1ccc(C(F)(F)F)cc1-n1ccnn1. The van der Waals surface area contributed by atoms with Gasteiger partial charge in [0.2, 0.25) is 5.95 Å². The third-order valence-electron chi connectivity index (χ3n) is 5.58. The maximum Gasteiger partial charge on any atom is 0.416 e. The lowest BCUT2D eigenvalue weighted by molar-refractivity contribution is -0.137. The molecule has 14 heteroatoms. The highest BCUT2D eigenvalue weighted by molar-refractivity contribution is 7.92. The first kappa shape index (κ1) is 23.7. The van der Waals surface area contributed by atoms with Gasteiger partial charge in [-0.15, -0.1) is 5.10 Å². The third-order valence-corrected chi connectivity index (χ3v) is 6.91. The summed E-state index contributed by atoms with van der Waals surface area (Å²) in [6, 6.07) is 7.58. The summed E-state index contributed by atoms with van der Waals surface area (Å²) < 4.78 is 87.9. The first-order chi connectivity index (χ1) is 17.1. The summed E-state index contributed by atoms with van der Waals surface area (Å²) in [5.74, 6) is -1.17. The van der Waals surface area contributed by atoms with E-state index in [1.54, 1.807) is 6.07 Å². The van der Waals surface area contributed by atoms with Gasteiger partial charge in [-0.1, -0.05) is 17.3 Å². The molecule has 0 unspecified atom stereocenters. The van der Waals surface area contributed by atoms with Crippen LogP contribution in [0.5, 0.6) is 5.75 Å². The van der Waals surface area contributed by atoms with Gasteiger partial charge in [-0.25, -0.2) is 32.2 Å². The number of benzene rings is 2. The minimum atomic E-state index is -4.55. The minimum absolute atomic E-state index is 0.154. The van der Waals surface area contributed by atoms with E-state index in [2.05, 4.69) is 25.0 Å². The second kappa shape index (κ2) is 8.86. The van der Waals surface area contributed by atoms with Crippen LogP contribution in [0.15, 0.2) is 66.1 Å². The van der Waals surface area contributed by atoms with Crippen LogP contribution < -0.4 is 9.46 Å². The molecule has 186 valence electrons. The normalized spacial score (nSPS) is 15.7. The summed E-state index contributed by atoms with van der Waals surface area (Å²) in [5, 5.41) is 7.56. The highest BCUT2D eigenvalue weighted by Crippen LogP contribution is 2.42. The maximum absolute atomic E-state index is 13.4. The molecular weight excluding hydrogens is 504 g/mol. The number of halogens is 4. The molecule has 9 nitrogen and oxygen atoms in total. The van der Waals surface area contributed by atoms with E-state index < -0.39 is 33.5 Å². The molecule has 0 spiro atoms. The van der Waals surface area contributed by atoms with Crippen LogP contribution in [0, 0.1) is 5.82 Å². The number of ether oxygens (including phenoxy) is 1. The van der Waals surface area contributed by atoms with Crippen molar-refractivity contribution in [3.8, 4) is 11.4 Å². The molecule has 2 aromatic heterocycles. The molecule has 0 amide bonds. The Labute approximate surface area is 201 Å². The molecule has 36 heavy (non-hydrogen) atoms. The topological polar surface area (TPSA) is 112 Å². The highest BCUT2D eigenvalue weighted by atomic mass is 32.2. The van der Waals surface area contributed by atoms with Crippen LogP contribution in [0.25, 0.3) is 5.69 Å². The number of alkyl halides is 3. The molecular formula is C22H16F4N6O3S. The Balaban J connectivity index is 1.53. The molecule has 0 saturated carbocycles. The number of nitrogens with one attached hydrogen (secondary N) is 1. The fourth-order valence-electron chi connectivity index (χ4n) is 3.95. The highest BCUT2D eigenvalue weighted by Gasteiger charge is 2.33. The molecule has 1 N–H and O–H groups in total. The van der Waals surface area contributed by atoms with Gasteiger partial charge in [0.25, 0.3) is 10.0 Å². The van der Waals surface area contributed by atoms with Crippen molar-refractivity contribution in [2.24, 2.45) is 0 Å². The van der Waals surface area contributed by atoms with Gasteiger partial charge in [0.15, 0.2) is 5.82 Å². The predicted octanol–water partition coefficient (Wildman–Crippen LogP) is 3.93. The Morgan fingerprint density at radius 3 is 2.50 bits per heavy atom. The van der Waals surface area contributed by atoms with E-state index in [9.17, 15) is 26.0 Å². The fourth-order valence-corrected chi connectivity index (χ4v) is 4.93. The average Bonchev–Trinajstić information content (AvgIpc) is 3.39. The molecule has 4 aromatic rings. The van der Waals surface area contributed by atoms with Gasteiger partial charge in [0, 0.05) is 17.5 Å². The molecule has 1 aliphatic heterocycles. The van der Waals surface area contributed by atoms with Gasteiger partial charge in [-0.05, 0) is 30.2 Å². The second-order valence-electron chi connectivity index (χ2n) is 7.84. The first-order valence-electron chi connectivity index (χ1n) is 10.5. The Bertz CT molecular complexity index is 1510. The molecule has 0 saturated heterocycles. The lowest BCUT2D eigenvalue weighted by Crippen LogP contribution is -2.19. The largest absolute Gasteiger partial charge is 0.493 e. The molecule has 0 aliphatic carbocycles. The Kier molecular flexibility index (Phi) is 5.82. The summed E-state index contributed by atoms with van der Waals surface area (Å²) >= 11 is 0. The summed E-state index contributed by atoms with van der Waals surface area (Å²) in [5.41, 5.74) is 0.511. The zero-order valence-corrected chi connectivity index (χ0v) is 19.0. The van der Waals surface area contributed by atoms with E-state index in [0.717, 1.165) is 24.5 Å². The Hall–Kier alpha value is -4.07. The van der Waals surface area contributed by atoms with E-state index in [1.807, 2.05) is 0 Å². The van der Waals surface area contributed by atoms with Crippen LogP contribution in [-0.2, 0) is 16.2 Å². The van der Waals surface area contributed by atoms with Crippen molar-refractivity contribution in [3.05, 3.63) is 83.7 Å². The average molecular weight is 520 g/mol. The van der Waals surface area contributed by atoms with Crippen molar-refractivity contribution in [2.45, 2.75) is 23.4 Å². The summed E-state index contributed by atoms with van der Waals surface area (Å²) in [6.45, 7) is 0.202. The molecule has 3 heterocycles. The molecule has 0 radical (unpaired) electrons. The summed E-state index contributed by atoms with van der Waals surface area (Å²) in [6.07, 6.45) is 0.333. The standard InChI is InChI=1S/C22H16F4N6O3S/c23-14-11-27-21(28-12-14)30-36(33,34)15-2-4-18-16(5-8-35-20(18)10-15)17-3-1-13(22(24,25)26)9-19(17)32-7-6-29-31-32/h1-4,6-7,9-12,16H,5,8H2,(H,27,28,30)/t16-/m1/s1. The predicted molar refractivity (Wildman–Crippen MR) is 118 cm³/mol. The smallest absolute Gasteiger partial charge is 0.416 e. The van der Waals surface area contributed by atoms with Gasteiger partial charge in [0.1, 0.15) is 5.75 Å². The van der Waals surface area contributed by atoms with Crippen LogP contribution in [0.2, 0.25) is 0 Å². The lowest BCUT2D eigenvalue weighted by atomic mass is 9.85. The van der Waals surface area contributed by atoms with Gasteiger partial charge in [-0.2, -0.15) is 13.2 Å². The summed E-state index contributed by atoms with van der Waals surface area (Å²) in [7, 11) is -4.13. The second-order valence-corrected chi connectivity index (χ2v) is 9.52. The molecule has 0 bridgehead atoms. The van der Waals surface area contributed by atoms with Crippen LogP contribution >= 0.6 is 0 Å².